The summed E-state index contributed by atoms with van der Waals surface area (Å²) in [5.74, 6) is -10.1. The number of hydrogen-bond donors (Lipinski definition) is 5. The third kappa shape index (κ3) is 23.1. The molecule has 0 aliphatic carbocycles. The van der Waals surface area contributed by atoms with Crippen LogP contribution in [0.5, 0.6) is 0 Å². The number of aromatic nitrogens is 1. The number of carbonyl (C=O) groups is 11. The van der Waals surface area contributed by atoms with E-state index in [0.717, 1.165) is 16.7 Å². The second-order valence-electron chi connectivity index (χ2n) is 27.8. The molecule has 1 saturated heterocycles. The maximum atomic E-state index is 15.4. The Kier molecular flexibility index (Phi) is 33.7. The summed E-state index contributed by atoms with van der Waals surface area (Å²) in [4.78, 5) is 177. The molecule has 1 fully saturated rings. The van der Waals surface area contributed by atoms with Crippen LogP contribution in [0, 0.1) is 41.4 Å². The molecule has 1 aliphatic rings. The quantitative estimate of drug-likeness (QED) is 0.119. The fraction of sp³-hybridized carbons (Fsp3) is 0.735. The van der Waals surface area contributed by atoms with Gasteiger partial charge in [-0.3, -0.25) is 52.7 Å². The monoisotopic (exact) mass is 1320 g/mol. The highest BCUT2D eigenvalue weighted by molar-refractivity contribution is 8.00. The van der Waals surface area contributed by atoms with Gasteiger partial charge in [-0.05, 0) is 113 Å². The molecule has 2 rings (SSSR count). The number of hydrogen-bond acceptors (Lipinski definition) is 14. The zero-order chi connectivity index (χ0) is 71.4. The molecule has 1 aromatic heterocycles. The number of thioether (sulfide) groups is 1. The van der Waals surface area contributed by atoms with Gasteiger partial charge in [0.2, 0.25) is 59.1 Å². The molecule has 1 unspecified atom stereocenters. The Bertz CT molecular complexity index is 2710. The summed E-state index contributed by atoms with van der Waals surface area (Å²) in [6, 6.07) is -7.68. The van der Waals surface area contributed by atoms with E-state index in [0.29, 0.717) is 17.9 Å². The first-order valence-electron chi connectivity index (χ1n) is 33.1. The second kappa shape index (κ2) is 38.1. The summed E-state index contributed by atoms with van der Waals surface area (Å²) in [5, 5.41) is 22.4. The minimum absolute atomic E-state index is 0.0377. The van der Waals surface area contributed by atoms with E-state index in [1.807, 2.05) is 61.5 Å². The zero-order valence-electron chi connectivity index (χ0n) is 60.3. The Balaban J connectivity index is 3.15. The van der Waals surface area contributed by atoms with Crippen molar-refractivity contribution in [2.75, 3.05) is 49.3 Å². The average Bonchev–Trinajstić information content (AvgIpc) is 0.825. The van der Waals surface area contributed by atoms with E-state index in [9.17, 15) is 29.1 Å². The summed E-state index contributed by atoms with van der Waals surface area (Å²) < 4.78 is 0. The number of rotatable bonds is 18. The Morgan fingerprint density at radius 3 is 1.41 bits per heavy atom. The van der Waals surface area contributed by atoms with Gasteiger partial charge in [0, 0.05) is 55.5 Å². The van der Waals surface area contributed by atoms with Crippen molar-refractivity contribution in [3.05, 3.63) is 36.5 Å². The summed E-state index contributed by atoms with van der Waals surface area (Å²) >= 11 is 0.932. The fourth-order valence-electron chi connectivity index (χ4n) is 11.6. The maximum absolute atomic E-state index is 15.4. The molecule has 5 N–H and O–H groups in total. The SMILES string of the molecule is C/C=C/C[C@@H](C)[C@@H](O)[C@H]1C(=O)N[C@@H](CCC)C(=O)N(C)C(Sc2ccccn2)C(=O)N(C)[C@@H](CC(C)C)C(=O)N[C@@H](C(C)C)C(=O)N(C)[C@@H](CC(C)C)C(=O)N[C@@H](C)C(=O)N[C@H](C)C(=O)N(C)[C@@H](CC(C)C)C(=O)N(C)[C@@H](CC(C)C)C(=O)N(C)[C@@H](C(C)C)C(=O)N1C. The topological polar surface area (TPSA) is 292 Å². The van der Waals surface area contributed by atoms with Gasteiger partial charge in [-0.1, -0.05) is 133 Å². The van der Waals surface area contributed by atoms with Crippen LogP contribution in [0.3, 0.4) is 0 Å². The number of pyridine rings is 1. The minimum atomic E-state index is -1.66. The highest BCUT2D eigenvalue weighted by atomic mass is 32.2. The minimum Gasteiger partial charge on any atom is -0.390 e. The van der Waals surface area contributed by atoms with Gasteiger partial charge in [-0.25, -0.2) is 4.98 Å². The molecule has 0 spiro atoms. The number of nitrogens with zero attached hydrogens (tertiary/aromatic N) is 8. The maximum Gasteiger partial charge on any atom is 0.256 e. The van der Waals surface area contributed by atoms with Crippen LogP contribution < -0.4 is 21.3 Å². The lowest BCUT2D eigenvalue weighted by Gasteiger charge is -2.41. The number of nitrogens with one attached hydrogen (secondary N) is 4. The van der Waals surface area contributed by atoms with Gasteiger partial charge in [0.15, 0.2) is 5.37 Å². The first-order chi connectivity index (χ1) is 43.2. The highest BCUT2D eigenvalue weighted by Gasteiger charge is 2.47. The molecule has 0 radical (unpaired) electrons. The van der Waals surface area contributed by atoms with Crippen molar-refractivity contribution in [3.63, 3.8) is 0 Å². The number of likely N-dealkylation sites (N-methyl/N-ethyl adjacent to an activating group) is 7. The van der Waals surface area contributed by atoms with Crippen LogP contribution in [-0.4, -0.2) is 231 Å². The van der Waals surface area contributed by atoms with Crippen molar-refractivity contribution in [2.45, 2.75) is 240 Å². The van der Waals surface area contributed by atoms with Gasteiger partial charge in [-0.2, -0.15) is 0 Å². The Labute approximate surface area is 559 Å². The van der Waals surface area contributed by atoms with E-state index in [1.165, 1.54) is 98.8 Å². The van der Waals surface area contributed by atoms with E-state index >= 15 is 28.8 Å². The van der Waals surface area contributed by atoms with Crippen LogP contribution in [0.25, 0.3) is 0 Å². The zero-order valence-corrected chi connectivity index (χ0v) is 61.1. The molecule has 526 valence electrons. The Morgan fingerprint density at radius 2 is 0.946 bits per heavy atom. The van der Waals surface area contributed by atoms with E-state index in [1.54, 1.807) is 72.7 Å². The molecule has 25 heteroatoms. The van der Waals surface area contributed by atoms with Gasteiger partial charge < -0.3 is 60.7 Å². The van der Waals surface area contributed by atoms with Crippen LogP contribution in [0.1, 0.15) is 163 Å². The number of aliphatic hydroxyl groups is 1. The van der Waals surface area contributed by atoms with Crippen LogP contribution in [0.4, 0.5) is 0 Å². The lowest BCUT2D eigenvalue weighted by atomic mass is 9.91. The number of carbonyl (C=O) groups excluding carboxylic acids is 11. The van der Waals surface area contributed by atoms with E-state index < -0.39 is 155 Å². The summed E-state index contributed by atoms with van der Waals surface area (Å²) in [6.07, 6.45) is 4.78. The molecule has 24 nitrogen and oxygen atoms in total. The van der Waals surface area contributed by atoms with Crippen LogP contribution >= 0.6 is 11.8 Å². The van der Waals surface area contributed by atoms with Crippen molar-refractivity contribution < 1.29 is 57.8 Å². The first-order valence-corrected chi connectivity index (χ1v) is 34.0. The molecule has 0 aromatic carbocycles. The third-order valence-electron chi connectivity index (χ3n) is 17.2. The molecule has 0 saturated carbocycles. The van der Waals surface area contributed by atoms with E-state index in [2.05, 4.69) is 26.3 Å². The summed E-state index contributed by atoms with van der Waals surface area (Å²) in [5.41, 5.74) is 0. The van der Waals surface area contributed by atoms with Gasteiger partial charge >= 0.3 is 0 Å². The van der Waals surface area contributed by atoms with Gasteiger partial charge in [-0.15, -0.1) is 0 Å². The van der Waals surface area contributed by atoms with Crippen LogP contribution in [-0.2, 0) is 52.7 Å². The second-order valence-corrected chi connectivity index (χ2v) is 28.9. The molecular formula is C68H116N12O12S. The normalized spacial score (nSPS) is 26.4. The third-order valence-corrected chi connectivity index (χ3v) is 18.5. The largest absolute Gasteiger partial charge is 0.390 e. The molecular weight excluding hydrogens is 1210 g/mol. The lowest BCUT2D eigenvalue weighted by molar-refractivity contribution is -0.157. The molecule has 1 aromatic rings. The lowest BCUT2D eigenvalue weighted by Crippen LogP contribution is -2.64. The van der Waals surface area contributed by atoms with E-state index in [4.69, 9.17) is 0 Å². The molecule has 13 atom stereocenters. The molecule has 11 amide bonds. The van der Waals surface area contributed by atoms with Crippen LogP contribution in [0.2, 0.25) is 0 Å². The summed E-state index contributed by atoms with van der Waals surface area (Å²) in [6.45, 7) is 30.1. The molecule has 1 aliphatic heterocycles. The molecule has 0 bridgehead atoms. The van der Waals surface area contributed by atoms with Gasteiger partial charge in [0.1, 0.15) is 60.4 Å². The predicted octanol–water partition coefficient (Wildman–Crippen LogP) is 5.17. The van der Waals surface area contributed by atoms with Crippen molar-refractivity contribution in [1.29, 1.82) is 0 Å². The highest BCUT2D eigenvalue weighted by Crippen LogP contribution is 2.29. The smallest absolute Gasteiger partial charge is 0.256 e. The molecule has 93 heavy (non-hydrogen) atoms. The number of aliphatic hydroxyl groups excluding tert-OH is 1. The first kappa shape index (κ1) is 82.5. The number of amides is 11. The molecule has 2 heterocycles. The van der Waals surface area contributed by atoms with Crippen molar-refractivity contribution >= 4 is 76.7 Å². The number of allylic oxidation sites excluding steroid dienone is 2. The average molecular weight is 1330 g/mol. The predicted molar refractivity (Wildman–Crippen MR) is 362 cm³/mol. The van der Waals surface area contributed by atoms with Crippen molar-refractivity contribution in [2.24, 2.45) is 41.4 Å². The summed E-state index contributed by atoms with van der Waals surface area (Å²) in [7, 11) is 9.97. The van der Waals surface area contributed by atoms with Gasteiger partial charge in [0.05, 0.1) is 11.1 Å². The van der Waals surface area contributed by atoms with Crippen LogP contribution in [0.15, 0.2) is 41.6 Å². The van der Waals surface area contributed by atoms with Gasteiger partial charge in [0.25, 0.3) is 5.91 Å². The Morgan fingerprint density at radius 1 is 0.495 bits per heavy atom. The van der Waals surface area contributed by atoms with Crippen molar-refractivity contribution in [3.8, 4) is 0 Å². The Hall–Kier alpha value is -6.63. The fourth-order valence-corrected chi connectivity index (χ4v) is 12.6. The standard InChI is InChI=1S/C68H116N12O12S/c1-25-27-31-44(15)56(81)55-60(85)72-47(30-26-2)62(87)80(24)68(93-52-32-28-29-33-69-52)67(92)75(19)49(35-39(5)6)59(84)73-53(42(11)12)65(90)74(18)48(34-38(3)4)58(83)70-45(16)57(82)71-46(17)61(86)76(20)50(36-40(7)8)63(88)77(21)51(37-41(9)10)64(89)78(22)54(43(13)14)66(91)79(55)23/h25,27-29,32-33,38-51,53-56,68,81H,26,30-31,34-37H2,1-24H3,(H,70,83)(H,71,82)(H,72,85)(H,73,84)/b27-25+/t44-,45+,46-,47+,48+,49+,50+,51+,53+,54+,55+,56-,68?/m1/s1. The van der Waals surface area contributed by atoms with E-state index in [-0.39, 0.29) is 55.8 Å². The van der Waals surface area contributed by atoms with Crippen molar-refractivity contribution in [1.82, 2.24) is 60.6 Å².